The number of esters is 2. The van der Waals surface area contributed by atoms with Crippen molar-refractivity contribution >= 4 is 35.1 Å². The summed E-state index contributed by atoms with van der Waals surface area (Å²) in [6.45, 7) is 12.9. The molecule has 0 heterocycles. The van der Waals surface area contributed by atoms with E-state index in [1.807, 2.05) is 0 Å². The summed E-state index contributed by atoms with van der Waals surface area (Å²) in [5.41, 5.74) is -0.597. The first kappa shape index (κ1) is 26.6. The maximum absolute atomic E-state index is 12.6. The van der Waals surface area contributed by atoms with Gasteiger partial charge in [-0.05, 0) is 64.7 Å². The van der Waals surface area contributed by atoms with Crippen LogP contribution in [0.3, 0.4) is 0 Å². The molecule has 30 heavy (non-hydrogen) atoms. The minimum absolute atomic E-state index is 0.0393. The van der Waals surface area contributed by atoms with Crippen molar-refractivity contribution in [3.05, 3.63) is 28.2 Å². The van der Waals surface area contributed by atoms with Crippen LogP contribution < -0.4 is 4.74 Å². The summed E-state index contributed by atoms with van der Waals surface area (Å²) in [6, 6.07) is 5.02. The molecule has 0 spiro atoms. The predicted octanol–water partition coefficient (Wildman–Crippen LogP) is 6.48. The van der Waals surface area contributed by atoms with Gasteiger partial charge in [0, 0.05) is 5.02 Å². The van der Waals surface area contributed by atoms with Crippen molar-refractivity contribution in [1.82, 2.24) is 0 Å². The molecule has 0 saturated carbocycles. The SMILES string of the molecule is CCC(CC)[C@@H](Oc1ccc(Cl)cc1Cl)[C@H](C)OC(=O)[C@H](C)CC(=O)OC(C)(C)C. The Hall–Kier alpha value is -1.46. The van der Waals surface area contributed by atoms with Crippen molar-refractivity contribution in [3.63, 3.8) is 0 Å². The number of carbonyl (C=O) groups is 2. The average Bonchev–Trinajstić information content (AvgIpc) is 2.61. The Kier molecular flexibility index (Phi) is 10.5. The number of benzene rings is 1. The van der Waals surface area contributed by atoms with Gasteiger partial charge < -0.3 is 14.2 Å². The fourth-order valence-corrected chi connectivity index (χ4v) is 3.58. The van der Waals surface area contributed by atoms with Gasteiger partial charge in [-0.25, -0.2) is 0 Å². The van der Waals surface area contributed by atoms with Crippen molar-refractivity contribution < 1.29 is 23.8 Å². The van der Waals surface area contributed by atoms with Crippen LogP contribution in [0.25, 0.3) is 0 Å². The molecule has 0 amide bonds. The molecule has 0 aliphatic carbocycles. The predicted molar refractivity (Wildman–Crippen MR) is 120 cm³/mol. The van der Waals surface area contributed by atoms with E-state index in [0.29, 0.717) is 15.8 Å². The largest absolute Gasteiger partial charge is 0.485 e. The van der Waals surface area contributed by atoms with E-state index in [1.165, 1.54) is 0 Å². The molecule has 0 unspecified atom stereocenters. The van der Waals surface area contributed by atoms with Crippen LogP contribution in [0.2, 0.25) is 10.0 Å². The van der Waals surface area contributed by atoms with Gasteiger partial charge >= 0.3 is 11.9 Å². The molecule has 0 aromatic heterocycles. The van der Waals surface area contributed by atoms with Crippen LogP contribution in [0.5, 0.6) is 5.75 Å². The van der Waals surface area contributed by atoms with Gasteiger partial charge in [0.05, 0.1) is 17.4 Å². The van der Waals surface area contributed by atoms with Crippen LogP contribution in [0.1, 0.15) is 67.7 Å². The Bertz CT molecular complexity index is 710. The van der Waals surface area contributed by atoms with Crippen LogP contribution in [-0.2, 0) is 19.1 Å². The third kappa shape index (κ3) is 8.73. The number of hydrogen-bond acceptors (Lipinski definition) is 5. The fourth-order valence-electron chi connectivity index (χ4n) is 3.13. The third-order valence-electron chi connectivity index (χ3n) is 4.73. The zero-order valence-corrected chi connectivity index (χ0v) is 20.5. The lowest BCUT2D eigenvalue weighted by Gasteiger charge is -2.32. The van der Waals surface area contributed by atoms with Crippen molar-refractivity contribution in [3.8, 4) is 5.75 Å². The number of halogens is 2. The summed E-state index contributed by atoms with van der Waals surface area (Å²) in [5, 5.41) is 0.914. The van der Waals surface area contributed by atoms with Crippen molar-refractivity contribution in [2.24, 2.45) is 11.8 Å². The van der Waals surface area contributed by atoms with Gasteiger partial charge in [-0.1, -0.05) is 44.0 Å². The number of carbonyl (C=O) groups excluding carboxylic acids is 2. The lowest BCUT2D eigenvalue weighted by atomic mass is 9.93. The standard InChI is InChI=1S/C23H34Cl2O5/c1-8-16(9-2)21(29-19-11-10-17(24)13-18(19)25)15(4)28-22(27)14(3)12-20(26)30-23(5,6)7/h10-11,13-16,21H,8-9,12H2,1-7H3/t14-,15+,21+/m1/s1. The molecule has 0 bridgehead atoms. The topological polar surface area (TPSA) is 61.8 Å². The molecule has 3 atom stereocenters. The highest BCUT2D eigenvalue weighted by Gasteiger charge is 2.32. The van der Waals surface area contributed by atoms with Gasteiger partial charge in [-0.15, -0.1) is 0 Å². The lowest BCUT2D eigenvalue weighted by molar-refractivity contribution is -0.166. The second-order valence-electron chi connectivity index (χ2n) is 8.57. The van der Waals surface area contributed by atoms with Gasteiger partial charge in [0.25, 0.3) is 0 Å². The minimum Gasteiger partial charge on any atom is -0.485 e. The zero-order chi connectivity index (χ0) is 23.1. The van der Waals surface area contributed by atoms with E-state index >= 15 is 0 Å². The summed E-state index contributed by atoms with van der Waals surface area (Å²) >= 11 is 12.2. The highest BCUT2D eigenvalue weighted by atomic mass is 35.5. The van der Waals surface area contributed by atoms with Gasteiger partial charge in [-0.3, -0.25) is 9.59 Å². The molecular formula is C23H34Cl2O5. The van der Waals surface area contributed by atoms with E-state index in [1.54, 1.807) is 52.8 Å². The summed E-state index contributed by atoms with van der Waals surface area (Å²) in [4.78, 5) is 24.6. The number of hydrogen-bond donors (Lipinski definition) is 0. The Morgan fingerprint density at radius 2 is 1.67 bits per heavy atom. The van der Waals surface area contributed by atoms with Gasteiger partial charge in [0.15, 0.2) is 0 Å². The Labute approximate surface area is 190 Å². The van der Waals surface area contributed by atoms with E-state index in [0.717, 1.165) is 12.8 Å². The Morgan fingerprint density at radius 3 is 2.17 bits per heavy atom. The fraction of sp³-hybridized carbons (Fsp3) is 0.652. The molecule has 0 aliphatic heterocycles. The summed E-state index contributed by atoms with van der Waals surface area (Å²) in [7, 11) is 0. The highest BCUT2D eigenvalue weighted by Crippen LogP contribution is 2.32. The van der Waals surface area contributed by atoms with E-state index in [4.69, 9.17) is 37.4 Å². The Balaban J connectivity index is 2.87. The van der Waals surface area contributed by atoms with Gasteiger partial charge in [0.1, 0.15) is 23.6 Å². The van der Waals surface area contributed by atoms with E-state index in [9.17, 15) is 9.59 Å². The molecular weight excluding hydrogens is 427 g/mol. The first-order chi connectivity index (χ1) is 13.9. The molecule has 0 radical (unpaired) electrons. The molecule has 5 nitrogen and oxygen atoms in total. The molecule has 1 aromatic rings. The summed E-state index contributed by atoms with van der Waals surface area (Å²) in [5.74, 6) is -0.873. The van der Waals surface area contributed by atoms with E-state index in [2.05, 4.69) is 13.8 Å². The molecule has 7 heteroatoms. The quantitative estimate of drug-likeness (QED) is 0.374. The summed E-state index contributed by atoms with van der Waals surface area (Å²) in [6.07, 6.45) is 0.734. The molecule has 0 fully saturated rings. The van der Waals surface area contributed by atoms with E-state index in [-0.39, 0.29) is 12.3 Å². The van der Waals surface area contributed by atoms with Crippen molar-refractivity contribution in [1.29, 1.82) is 0 Å². The van der Waals surface area contributed by atoms with Crippen LogP contribution in [-0.4, -0.2) is 29.7 Å². The molecule has 0 saturated heterocycles. The van der Waals surface area contributed by atoms with Gasteiger partial charge in [0.2, 0.25) is 0 Å². The second-order valence-corrected chi connectivity index (χ2v) is 9.41. The molecule has 1 aromatic carbocycles. The number of rotatable bonds is 10. The molecule has 0 N–H and O–H groups in total. The van der Waals surface area contributed by atoms with Crippen LogP contribution in [0.15, 0.2) is 18.2 Å². The van der Waals surface area contributed by atoms with Gasteiger partial charge in [-0.2, -0.15) is 0 Å². The molecule has 170 valence electrons. The average molecular weight is 461 g/mol. The lowest BCUT2D eigenvalue weighted by Crippen LogP contribution is -2.40. The normalized spacial score (nSPS) is 14.7. The smallest absolute Gasteiger partial charge is 0.309 e. The monoisotopic (exact) mass is 460 g/mol. The highest BCUT2D eigenvalue weighted by molar-refractivity contribution is 6.35. The third-order valence-corrected chi connectivity index (χ3v) is 5.26. The van der Waals surface area contributed by atoms with Crippen molar-refractivity contribution in [2.45, 2.75) is 85.5 Å². The van der Waals surface area contributed by atoms with Crippen LogP contribution >= 0.6 is 23.2 Å². The zero-order valence-electron chi connectivity index (χ0n) is 19.0. The molecule has 0 aliphatic rings. The Morgan fingerprint density at radius 1 is 1.07 bits per heavy atom. The van der Waals surface area contributed by atoms with Crippen LogP contribution in [0.4, 0.5) is 0 Å². The van der Waals surface area contributed by atoms with E-state index < -0.39 is 35.7 Å². The molecule has 1 rings (SSSR count). The maximum atomic E-state index is 12.6. The number of ether oxygens (including phenoxy) is 3. The minimum atomic E-state index is -0.622. The summed E-state index contributed by atoms with van der Waals surface area (Å²) < 4.78 is 17.1. The second kappa shape index (κ2) is 11.8. The maximum Gasteiger partial charge on any atom is 0.309 e. The first-order valence-electron chi connectivity index (χ1n) is 10.4. The first-order valence-corrected chi connectivity index (χ1v) is 11.2. The van der Waals surface area contributed by atoms with Crippen LogP contribution in [0, 0.1) is 11.8 Å². The van der Waals surface area contributed by atoms with Crippen molar-refractivity contribution in [2.75, 3.05) is 0 Å².